The number of rotatable bonds is 8. The van der Waals surface area contributed by atoms with E-state index >= 15 is 0 Å². The highest BCUT2D eigenvalue weighted by atomic mass is 35.5. The Labute approximate surface area is 219 Å². The minimum absolute atomic E-state index is 0.0260. The predicted molar refractivity (Wildman–Crippen MR) is 138 cm³/mol. The number of nitro benzene ring substituents is 1. The molecular formula is C26H29ClN4O6. The number of morpholine rings is 1. The fourth-order valence-corrected chi connectivity index (χ4v) is 4.75. The molecule has 2 aliphatic rings. The first-order valence-corrected chi connectivity index (χ1v) is 12.6. The van der Waals surface area contributed by atoms with Gasteiger partial charge in [0, 0.05) is 37.8 Å². The Balaban J connectivity index is 1.62. The average molecular weight is 529 g/mol. The molecular weight excluding hydrogens is 500 g/mol. The van der Waals surface area contributed by atoms with Crippen molar-refractivity contribution in [2.24, 2.45) is 0 Å². The van der Waals surface area contributed by atoms with Gasteiger partial charge in [0.05, 0.1) is 30.2 Å². The summed E-state index contributed by atoms with van der Waals surface area (Å²) in [6, 6.07) is 9.98. The summed E-state index contributed by atoms with van der Waals surface area (Å²) in [5.41, 5.74) is 1.15. The molecule has 2 aromatic rings. The van der Waals surface area contributed by atoms with Gasteiger partial charge in [-0.05, 0) is 35.7 Å². The minimum Gasteiger partial charge on any atom is -0.379 e. The van der Waals surface area contributed by atoms with Gasteiger partial charge in [-0.2, -0.15) is 0 Å². The van der Waals surface area contributed by atoms with Crippen LogP contribution in [0.4, 0.5) is 11.4 Å². The van der Waals surface area contributed by atoms with Crippen LogP contribution in [0.3, 0.4) is 0 Å². The number of carbonyl (C=O) groups excluding carboxylic acids is 3. The lowest BCUT2D eigenvalue weighted by Crippen LogP contribution is -2.49. The van der Waals surface area contributed by atoms with Crippen LogP contribution >= 0.6 is 11.6 Å². The first-order valence-electron chi connectivity index (χ1n) is 12.2. The summed E-state index contributed by atoms with van der Waals surface area (Å²) >= 11 is 5.93. The second-order valence-corrected chi connectivity index (χ2v) is 9.82. The minimum atomic E-state index is -1.03. The van der Waals surface area contributed by atoms with E-state index in [4.69, 9.17) is 16.3 Å². The Morgan fingerprint density at radius 2 is 1.84 bits per heavy atom. The first kappa shape index (κ1) is 26.7. The molecule has 3 amide bonds. The average Bonchev–Trinajstić information content (AvgIpc) is 3.18. The fraction of sp³-hybridized carbons (Fsp3) is 0.423. The van der Waals surface area contributed by atoms with Crippen LogP contribution in [0.25, 0.3) is 0 Å². The maximum absolute atomic E-state index is 13.6. The molecule has 2 saturated heterocycles. The number of halogens is 1. The molecule has 0 spiro atoms. The predicted octanol–water partition coefficient (Wildman–Crippen LogP) is 3.48. The quantitative estimate of drug-likeness (QED) is 0.293. The molecule has 4 rings (SSSR count). The molecule has 10 nitrogen and oxygen atoms in total. The summed E-state index contributed by atoms with van der Waals surface area (Å²) < 4.78 is 5.38. The van der Waals surface area contributed by atoms with E-state index in [1.807, 2.05) is 12.1 Å². The zero-order chi connectivity index (χ0) is 26.7. The summed E-state index contributed by atoms with van der Waals surface area (Å²) in [7, 11) is 0. The van der Waals surface area contributed by atoms with Crippen molar-refractivity contribution in [2.45, 2.75) is 32.2 Å². The van der Waals surface area contributed by atoms with E-state index < -0.39 is 34.4 Å². The smallest absolute Gasteiger partial charge is 0.288 e. The number of imide groups is 1. The van der Waals surface area contributed by atoms with Gasteiger partial charge in [-0.1, -0.05) is 37.6 Å². The summed E-state index contributed by atoms with van der Waals surface area (Å²) in [6.07, 6.45) is -0.171. The molecule has 0 radical (unpaired) electrons. The molecule has 37 heavy (non-hydrogen) atoms. The van der Waals surface area contributed by atoms with Gasteiger partial charge in [-0.25, -0.2) is 4.90 Å². The SMILES string of the molecule is CC(C)c1ccc(N2C(=O)CC(N(CCN3CCOCC3)C(=O)c3ccc(Cl)c([N+](=O)[O-])c3)C2=O)cc1. The van der Waals surface area contributed by atoms with Gasteiger partial charge in [0.15, 0.2) is 0 Å². The van der Waals surface area contributed by atoms with Crippen LogP contribution in [-0.4, -0.2) is 77.9 Å². The summed E-state index contributed by atoms with van der Waals surface area (Å²) in [6.45, 7) is 7.23. The van der Waals surface area contributed by atoms with Crippen molar-refractivity contribution >= 4 is 40.7 Å². The second kappa shape index (κ2) is 11.4. The van der Waals surface area contributed by atoms with E-state index in [1.165, 1.54) is 17.0 Å². The molecule has 11 heteroatoms. The van der Waals surface area contributed by atoms with Crippen LogP contribution in [0.15, 0.2) is 42.5 Å². The molecule has 2 fully saturated rings. The van der Waals surface area contributed by atoms with Gasteiger partial charge in [0.2, 0.25) is 5.91 Å². The van der Waals surface area contributed by atoms with E-state index in [0.29, 0.717) is 44.5 Å². The summed E-state index contributed by atoms with van der Waals surface area (Å²) in [5.74, 6) is -1.18. The van der Waals surface area contributed by atoms with Gasteiger partial charge in [0.1, 0.15) is 11.1 Å². The normalized spacial score (nSPS) is 18.5. The van der Waals surface area contributed by atoms with Gasteiger partial charge >= 0.3 is 0 Å². The lowest BCUT2D eigenvalue weighted by Gasteiger charge is -2.32. The monoisotopic (exact) mass is 528 g/mol. The zero-order valence-electron chi connectivity index (χ0n) is 20.8. The lowest BCUT2D eigenvalue weighted by molar-refractivity contribution is -0.384. The van der Waals surface area contributed by atoms with Crippen molar-refractivity contribution in [3.63, 3.8) is 0 Å². The summed E-state index contributed by atoms with van der Waals surface area (Å²) in [5, 5.41) is 11.3. The van der Waals surface area contributed by atoms with Gasteiger partial charge in [-0.3, -0.25) is 29.4 Å². The molecule has 0 aromatic heterocycles. The number of nitrogens with zero attached hydrogens (tertiary/aromatic N) is 4. The number of hydrogen-bond donors (Lipinski definition) is 0. The van der Waals surface area contributed by atoms with Gasteiger partial charge in [-0.15, -0.1) is 0 Å². The molecule has 2 aromatic carbocycles. The Bertz CT molecular complexity index is 1200. The van der Waals surface area contributed by atoms with Gasteiger partial charge < -0.3 is 9.64 Å². The second-order valence-electron chi connectivity index (χ2n) is 9.41. The maximum Gasteiger partial charge on any atom is 0.288 e. The zero-order valence-corrected chi connectivity index (χ0v) is 21.5. The Hall–Kier alpha value is -3.34. The number of amides is 3. The third-order valence-corrected chi connectivity index (χ3v) is 7.05. The molecule has 0 saturated carbocycles. The van der Waals surface area contributed by atoms with Crippen molar-refractivity contribution in [3.8, 4) is 0 Å². The highest BCUT2D eigenvalue weighted by molar-refractivity contribution is 6.32. The lowest BCUT2D eigenvalue weighted by atomic mass is 10.0. The number of anilines is 1. The number of ether oxygens (including phenoxy) is 1. The van der Waals surface area contributed by atoms with Crippen LogP contribution in [-0.2, 0) is 14.3 Å². The summed E-state index contributed by atoms with van der Waals surface area (Å²) in [4.78, 5) is 55.5. The molecule has 1 atom stereocenters. The van der Waals surface area contributed by atoms with Crippen LogP contribution in [0, 0.1) is 10.1 Å². The third-order valence-electron chi connectivity index (χ3n) is 6.73. The highest BCUT2D eigenvalue weighted by Gasteiger charge is 2.44. The molecule has 0 bridgehead atoms. The maximum atomic E-state index is 13.6. The molecule has 1 unspecified atom stereocenters. The molecule has 196 valence electrons. The Morgan fingerprint density at radius 3 is 2.46 bits per heavy atom. The van der Waals surface area contributed by atoms with Crippen molar-refractivity contribution in [2.75, 3.05) is 44.3 Å². The van der Waals surface area contributed by atoms with E-state index in [0.717, 1.165) is 16.5 Å². The van der Waals surface area contributed by atoms with Crippen molar-refractivity contribution in [1.82, 2.24) is 9.80 Å². The standard InChI is InChI=1S/C26H29ClN4O6/c1-17(2)18-3-6-20(7-4-18)30-24(32)16-23(26(30)34)29(10-9-28-11-13-37-14-12-28)25(33)19-5-8-21(27)22(15-19)31(35)36/h3-8,15,17,23H,9-14,16H2,1-2H3. The Morgan fingerprint density at radius 1 is 1.16 bits per heavy atom. The first-order chi connectivity index (χ1) is 17.7. The van der Waals surface area contributed by atoms with Crippen LogP contribution in [0.1, 0.15) is 42.1 Å². The van der Waals surface area contributed by atoms with Crippen LogP contribution < -0.4 is 4.90 Å². The number of carbonyl (C=O) groups is 3. The fourth-order valence-electron chi connectivity index (χ4n) is 4.56. The number of hydrogen-bond acceptors (Lipinski definition) is 7. The molecule has 0 N–H and O–H groups in total. The van der Waals surface area contributed by atoms with Crippen LogP contribution in [0.2, 0.25) is 5.02 Å². The number of nitro groups is 1. The Kier molecular flexibility index (Phi) is 8.21. The highest BCUT2D eigenvalue weighted by Crippen LogP contribution is 2.30. The number of benzene rings is 2. The van der Waals surface area contributed by atoms with E-state index in [-0.39, 0.29) is 23.6 Å². The van der Waals surface area contributed by atoms with Crippen LogP contribution in [0.5, 0.6) is 0 Å². The van der Waals surface area contributed by atoms with Crippen molar-refractivity contribution < 1.29 is 24.0 Å². The van der Waals surface area contributed by atoms with E-state index in [2.05, 4.69) is 18.7 Å². The van der Waals surface area contributed by atoms with E-state index in [1.54, 1.807) is 12.1 Å². The van der Waals surface area contributed by atoms with E-state index in [9.17, 15) is 24.5 Å². The topological polar surface area (TPSA) is 113 Å². The molecule has 2 aliphatic heterocycles. The van der Waals surface area contributed by atoms with Crippen molar-refractivity contribution in [3.05, 3.63) is 68.7 Å². The van der Waals surface area contributed by atoms with Crippen molar-refractivity contribution in [1.29, 1.82) is 0 Å². The molecule has 0 aliphatic carbocycles. The molecule has 2 heterocycles. The largest absolute Gasteiger partial charge is 0.379 e. The van der Waals surface area contributed by atoms with Gasteiger partial charge in [0.25, 0.3) is 17.5 Å². The third kappa shape index (κ3) is 5.82.